The van der Waals surface area contributed by atoms with Crippen LogP contribution in [0.15, 0.2) is 0 Å². The zero-order valence-corrected chi connectivity index (χ0v) is 14.1. The molecule has 0 aliphatic rings. The Morgan fingerprint density at radius 3 is 1.53 bits per heavy atom. The van der Waals surface area contributed by atoms with Crippen LogP contribution in [0.4, 0.5) is 0 Å². The van der Waals surface area contributed by atoms with Crippen molar-refractivity contribution in [3.63, 3.8) is 0 Å². The number of rotatable bonds is 12. The van der Waals surface area contributed by atoms with E-state index in [4.69, 9.17) is 39.2 Å². The molecule has 0 N–H and O–H groups in total. The molecule has 0 atom stereocenters. The van der Waals surface area contributed by atoms with E-state index in [1.165, 1.54) is 0 Å². The highest BCUT2D eigenvalue weighted by Gasteiger charge is 2.32. The number of alkyl halides is 3. The maximum atomic E-state index is 6.25. The van der Waals surface area contributed by atoms with Gasteiger partial charge < -0.3 is 4.43 Å². The summed E-state index contributed by atoms with van der Waals surface area (Å²) in [5.41, 5.74) is 0. The Morgan fingerprint density at radius 2 is 1.24 bits per heavy atom. The molecule has 17 heavy (non-hydrogen) atoms. The standard InChI is InChI=1S/C12H25Cl3OSi/c1-2-9-16-17(10-3-6-13,11-4-7-14)12-5-8-15/h2-12H2,1H3. The minimum absolute atomic E-state index is 0.728. The van der Waals surface area contributed by atoms with Crippen molar-refractivity contribution >= 4 is 43.1 Å². The second-order valence-electron chi connectivity index (χ2n) is 4.41. The normalized spacial score (nSPS) is 12.0. The lowest BCUT2D eigenvalue weighted by atomic mass is 10.5. The van der Waals surface area contributed by atoms with Crippen LogP contribution in [-0.4, -0.2) is 32.6 Å². The number of hydrogen-bond acceptors (Lipinski definition) is 1. The molecule has 0 aromatic rings. The Kier molecular flexibility index (Phi) is 12.8. The quantitative estimate of drug-likeness (QED) is 0.353. The van der Waals surface area contributed by atoms with Crippen molar-refractivity contribution in [3.8, 4) is 0 Å². The van der Waals surface area contributed by atoms with Gasteiger partial charge in [-0.25, -0.2) is 0 Å². The van der Waals surface area contributed by atoms with Gasteiger partial charge in [0.1, 0.15) is 0 Å². The first-order valence-electron chi connectivity index (χ1n) is 6.56. The molecule has 0 unspecified atom stereocenters. The fourth-order valence-corrected chi connectivity index (χ4v) is 7.43. The fraction of sp³-hybridized carbons (Fsp3) is 1.00. The lowest BCUT2D eigenvalue weighted by Crippen LogP contribution is -2.39. The molecular formula is C12H25Cl3OSi. The maximum Gasteiger partial charge on any atom is 0.192 e. The van der Waals surface area contributed by atoms with Crippen LogP contribution in [-0.2, 0) is 4.43 Å². The highest BCUT2D eigenvalue weighted by Crippen LogP contribution is 2.28. The highest BCUT2D eigenvalue weighted by molar-refractivity contribution is 6.74. The molecule has 0 radical (unpaired) electrons. The molecule has 0 fully saturated rings. The first-order chi connectivity index (χ1) is 8.24. The summed E-state index contributed by atoms with van der Waals surface area (Å²) in [6.45, 7) is 3.03. The van der Waals surface area contributed by atoms with Gasteiger partial charge in [0.15, 0.2) is 8.32 Å². The Bertz CT molecular complexity index is 132. The van der Waals surface area contributed by atoms with Crippen LogP contribution in [0.1, 0.15) is 32.6 Å². The molecule has 0 aliphatic heterocycles. The first-order valence-corrected chi connectivity index (χ1v) is 10.7. The van der Waals surface area contributed by atoms with E-state index in [1.807, 2.05) is 0 Å². The summed E-state index contributed by atoms with van der Waals surface area (Å²) in [4.78, 5) is 0. The van der Waals surface area contributed by atoms with Gasteiger partial charge in [0.05, 0.1) is 0 Å². The van der Waals surface area contributed by atoms with Gasteiger partial charge in [-0.3, -0.25) is 0 Å². The smallest absolute Gasteiger partial charge is 0.192 e. The van der Waals surface area contributed by atoms with Crippen LogP contribution >= 0.6 is 34.8 Å². The third-order valence-corrected chi connectivity index (χ3v) is 8.32. The molecule has 0 bridgehead atoms. The molecule has 104 valence electrons. The van der Waals surface area contributed by atoms with Crippen molar-refractivity contribution in [2.24, 2.45) is 0 Å². The summed E-state index contributed by atoms with van der Waals surface area (Å²) in [5, 5.41) is 0. The van der Waals surface area contributed by atoms with E-state index >= 15 is 0 Å². The Labute approximate surface area is 122 Å². The Balaban J connectivity index is 4.39. The van der Waals surface area contributed by atoms with Crippen LogP contribution in [0, 0.1) is 0 Å². The predicted molar refractivity (Wildman–Crippen MR) is 82.4 cm³/mol. The molecule has 0 aromatic carbocycles. The van der Waals surface area contributed by atoms with Gasteiger partial charge in [-0.05, 0) is 43.8 Å². The van der Waals surface area contributed by atoms with E-state index < -0.39 is 8.32 Å². The molecule has 0 rings (SSSR count). The molecule has 0 saturated heterocycles. The predicted octanol–water partition coefficient (Wildman–Crippen LogP) is 5.25. The highest BCUT2D eigenvalue weighted by atomic mass is 35.5. The summed E-state index contributed by atoms with van der Waals surface area (Å²) in [6, 6.07) is 3.47. The summed E-state index contributed by atoms with van der Waals surface area (Å²) < 4.78 is 6.25. The number of hydrogen-bond donors (Lipinski definition) is 0. The second-order valence-corrected chi connectivity index (χ2v) is 9.70. The molecule has 0 saturated carbocycles. The fourth-order valence-electron chi connectivity index (χ4n) is 2.08. The van der Waals surface area contributed by atoms with Crippen molar-refractivity contribution in [1.29, 1.82) is 0 Å². The molecule has 0 aromatic heterocycles. The third-order valence-electron chi connectivity index (χ3n) is 2.91. The SMILES string of the molecule is CCCO[Si](CCCCl)(CCCCl)CCCCl. The van der Waals surface area contributed by atoms with Gasteiger partial charge in [0, 0.05) is 24.2 Å². The monoisotopic (exact) mass is 318 g/mol. The van der Waals surface area contributed by atoms with Crippen molar-refractivity contribution in [3.05, 3.63) is 0 Å². The van der Waals surface area contributed by atoms with E-state index in [2.05, 4.69) is 6.92 Å². The first kappa shape index (κ1) is 18.0. The average molecular weight is 320 g/mol. The molecule has 0 aliphatic carbocycles. The van der Waals surface area contributed by atoms with Gasteiger partial charge in [-0.2, -0.15) is 0 Å². The van der Waals surface area contributed by atoms with Gasteiger partial charge in [-0.1, -0.05) is 6.92 Å². The van der Waals surface area contributed by atoms with Crippen LogP contribution in [0.25, 0.3) is 0 Å². The minimum Gasteiger partial charge on any atom is -0.417 e. The van der Waals surface area contributed by atoms with Crippen LogP contribution in [0.5, 0.6) is 0 Å². The molecule has 5 heteroatoms. The zero-order chi connectivity index (χ0) is 13.0. The lowest BCUT2D eigenvalue weighted by molar-refractivity contribution is 0.295. The molecule has 0 spiro atoms. The summed E-state index contributed by atoms with van der Waals surface area (Å²) >= 11 is 17.5. The molecule has 0 amide bonds. The van der Waals surface area contributed by atoms with Crippen molar-refractivity contribution in [2.45, 2.75) is 50.7 Å². The van der Waals surface area contributed by atoms with Crippen LogP contribution in [0.3, 0.4) is 0 Å². The third kappa shape index (κ3) is 8.71. The van der Waals surface area contributed by atoms with E-state index in [1.54, 1.807) is 0 Å². The maximum absolute atomic E-state index is 6.25. The van der Waals surface area contributed by atoms with Crippen LogP contribution in [0.2, 0.25) is 18.1 Å². The van der Waals surface area contributed by atoms with Crippen LogP contribution < -0.4 is 0 Å². The largest absolute Gasteiger partial charge is 0.417 e. The van der Waals surface area contributed by atoms with E-state index in [9.17, 15) is 0 Å². The van der Waals surface area contributed by atoms with Crippen molar-refractivity contribution < 1.29 is 4.43 Å². The second kappa shape index (κ2) is 12.1. The van der Waals surface area contributed by atoms with Crippen molar-refractivity contribution in [1.82, 2.24) is 0 Å². The zero-order valence-electron chi connectivity index (χ0n) is 10.8. The Hall–Kier alpha value is 1.05. The van der Waals surface area contributed by atoms with E-state index in [0.717, 1.165) is 68.1 Å². The average Bonchev–Trinajstić information content (AvgIpc) is 2.37. The topological polar surface area (TPSA) is 9.23 Å². The minimum atomic E-state index is -1.63. The van der Waals surface area contributed by atoms with Gasteiger partial charge in [0.25, 0.3) is 0 Å². The molecular weight excluding hydrogens is 295 g/mol. The molecule has 0 heterocycles. The summed E-state index contributed by atoms with van der Waals surface area (Å²) in [5.74, 6) is 2.18. The summed E-state index contributed by atoms with van der Waals surface area (Å²) in [7, 11) is -1.63. The van der Waals surface area contributed by atoms with E-state index in [-0.39, 0.29) is 0 Å². The molecule has 1 nitrogen and oxygen atoms in total. The van der Waals surface area contributed by atoms with Crippen molar-refractivity contribution in [2.75, 3.05) is 24.2 Å². The number of halogens is 3. The lowest BCUT2D eigenvalue weighted by Gasteiger charge is -2.31. The summed E-state index contributed by atoms with van der Waals surface area (Å²) in [6.07, 6.45) is 4.25. The van der Waals surface area contributed by atoms with Gasteiger partial charge >= 0.3 is 0 Å². The van der Waals surface area contributed by atoms with Gasteiger partial charge in [-0.15, -0.1) is 34.8 Å². The Morgan fingerprint density at radius 1 is 0.824 bits per heavy atom. The van der Waals surface area contributed by atoms with E-state index in [0.29, 0.717) is 0 Å². The van der Waals surface area contributed by atoms with Gasteiger partial charge in [0.2, 0.25) is 0 Å².